The molecule has 5 nitrogen and oxygen atoms in total. The lowest BCUT2D eigenvalue weighted by molar-refractivity contribution is -0.0230. The van der Waals surface area contributed by atoms with Crippen molar-refractivity contribution in [3.05, 3.63) is 58.1 Å². The molecule has 1 aliphatic rings. The first-order chi connectivity index (χ1) is 10.6. The molecule has 1 unspecified atom stereocenters. The Balaban J connectivity index is 1.76. The van der Waals surface area contributed by atoms with Crippen LogP contribution >= 0.6 is 23.2 Å². The third-order valence-corrected chi connectivity index (χ3v) is 4.19. The van der Waals surface area contributed by atoms with Gasteiger partial charge in [-0.15, -0.1) is 0 Å². The van der Waals surface area contributed by atoms with Gasteiger partial charge < -0.3 is 9.64 Å². The van der Waals surface area contributed by atoms with Gasteiger partial charge in [-0.05, 0) is 17.7 Å². The van der Waals surface area contributed by atoms with Gasteiger partial charge in [-0.25, -0.2) is 4.98 Å². The summed E-state index contributed by atoms with van der Waals surface area (Å²) in [7, 11) is 0. The highest BCUT2D eigenvalue weighted by atomic mass is 35.5. The number of amides is 1. The molecule has 1 amide bonds. The summed E-state index contributed by atoms with van der Waals surface area (Å²) in [6.07, 6.45) is 4.27. The van der Waals surface area contributed by atoms with Crippen molar-refractivity contribution in [2.45, 2.75) is 6.10 Å². The lowest BCUT2D eigenvalue weighted by Crippen LogP contribution is -2.42. The lowest BCUT2D eigenvalue weighted by Gasteiger charge is -2.33. The predicted molar refractivity (Wildman–Crippen MR) is 83.1 cm³/mol. The van der Waals surface area contributed by atoms with Crippen LogP contribution in [0.3, 0.4) is 0 Å². The zero-order chi connectivity index (χ0) is 15.5. The summed E-state index contributed by atoms with van der Waals surface area (Å²) in [5.41, 5.74) is 1.23. The number of benzene rings is 1. The predicted octanol–water partition coefficient (Wildman–Crippen LogP) is 3.00. The molecule has 0 saturated carbocycles. The average molecular weight is 338 g/mol. The molecule has 1 aromatic carbocycles. The summed E-state index contributed by atoms with van der Waals surface area (Å²) in [5, 5.41) is 0.967. The zero-order valence-electron chi connectivity index (χ0n) is 11.6. The highest BCUT2D eigenvalue weighted by Gasteiger charge is 2.27. The van der Waals surface area contributed by atoms with Crippen LogP contribution in [-0.2, 0) is 4.74 Å². The van der Waals surface area contributed by atoms with Gasteiger partial charge in [-0.3, -0.25) is 9.78 Å². The topological polar surface area (TPSA) is 55.3 Å². The van der Waals surface area contributed by atoms with Gasteiger partial charge in [0.2, 0.25) is 0 Å². The van der Waals surface area contributed by atoms with Gasteiger partial charge in [-0.2, -0.15) is 0 Å². The molecule has 22 heavy (non-hydrogen) atoms. The van der Waals surface area contributed by atoms with E-state index in [-0.39, 0.29) is 12.0 Å². The second-order valence-corrected chi connectivity index (χ2v) is 5.69. The van der Waals surface area contributed by atoms with Crippen LogP contribution in [0, 0.1) is 0 Å². The Hall–Kier alpha value is -1.69. The molecular weight excluding hydrogens is 325 g/mol. The third-order valence-electron chi connectivity index (χ3n) is 3.45. The van der Waals surface area contributed by atoms with E-state index in [2.05, 4.69) is 9.97 Å². The molecule has 3 rings (SSSR count). The van der Waals surface area contributed by atoms with Crippen molar-refractivity contribution in [1.82, 2.24) is 14.9 Å². The van der Waals surface area contributed by atoms with E-state index in [4.69, 9.17) is 27.9 Å². The van der Waals surface area contributed by atoms with Crippen LogP contribution in [0.15, 0.2) is 36.8 Å². The number of carbonyl (C=O) groups is 1. The van der Waals surface area contributed by atoms with Gasteiger partial charge in [-0.1, -0.05) is 29.3 Å². The maximum absolute atomic E-state index is 12.4. The van der Waals surface area contributed by atoms with Crippen molar-refractivity contribution in [3.8, 4) is 0 Å². The van der Waals surface area contributed by atoms with Crippen molar-refractivity contribution < 1.29 is 9.53 Å². The number of aromatic nitrogens is 2. The summed E-state index contributed by atoms with van der Waals surface area (Å²) in [6, 6.07) is 5.35. The van der Waals surface area contributed by atoms with E-state index in [0.717, 1.165) is 5.56 Å². The van der Waals surface area contributed by atoms with Gasteiger partial charge in [0, 0.05) is 18.9 Å². The minimum Gasteiger partial charge on any atom is -0.370 e. The smallest absolute Gasteiger partial charge is 0.274 e. The van der Waals surface area contributed by atoms with Crippen LogP contribution in [0.4, 0.5) is 0 Å². The molecule has 0 spiro atoms. The summed E-state index contributed by atoms with van der Waals surface area (Å²) < 4.78 is 5.74. The number of carbonyl (C=O) groups excluding carboxylic acids is 1. The van der Waals surface area contributed by atoms with Crippen molar-refractivity contribution in [2.24, 2.45) is 0 Å². The Labute approximate surface area is 137 Å². The molecule has 0 bridgehead atoms. The first-order valence-electron chi connectivity index (χ1n) is 6.77. The Morgan fingerprint density at radius 3 is 2.86 bits per heavy atom. The summed E-state index contributed by atoms with van der Waals surface area (Å²) in [6.45, 7) is 1.41. The number of halogens is 2. The Kier molecular flexibility index (Phi) is 4.57. The molecule has 2 heterocycles. The molecule has 114 valence electrons. The third kappa shape index (κ3) is 3.21. The molecule has 1 fully saturated rings. The maximum atomic E-state index is 12.4. The highest BCUT2D eigenvalue weighted by Crippen LogP contribution is 2.29. The number of hydrogen-bond acceptors (Lipinski definition) is 4. The Morgan fingerprint density at radius 1 is 1.27 bits per heavy atom. The lowest BCUT2D eigenvalue weighted by atomic mass is 10.1. The SMILES string of the molecule is O=C(c1cnccn1)N1CCOC(c2ccc(Cl)c(Cl)c2)C1. The van der Waals surface area contributed by atoms with Gasteiger partial charge in [0.05, 0.1) is 29.4 Å². The molecule has 2 aromatic rings. The molecule has 0 aliphatic carbocycles. The fourth-order valence-corrected chi connectivity index (χ4v) is 2.63. The Bertz CT molecular complexity index is 682. The molecule has 0 N–H and O–H groups in total. The fourth-order valence-electron chi connectivity index (χ4n) is 2.32. The average Bonchev–Trinajstić information content (AvgIpc) is 2.57. The molecule has 1 aliphatic heterocycles. The van der Waals surface area contributed by atoms with E-state index >= 15 is 0 Å². The Morgan fingerprint density at radius 2 is 2.14 bits per heavy atom. The zero-order valence-corrected chi connectivity index (χ0v) is 13.1. The van der Waals surface area contributed by atoms with Crippen LogP contribution in [-0.4, -0.2) is 40.5 Å². The number of morpholine rings is 1. The van der Waals surface area contributed by atoms with E-state index < -0.39 is 0 Å². The molecule has 0 radical (unpaired) electrons. The van der Waals surface area contributed by atoms with Gasteiger partial charge in [0.25, 0.3) is 5.91 Å². The highest BCUT2D eigenvalue weighted by molar-refractivity contribution is 6.42. The summed E-state index contributed by atoms with van der Waals surface area (Å²) >= 11 is 12.0. The van der Waals surface area contributed by atoms with E-state index in [1.165, 1.54) is 18.6 Å². The van der Waals surface area contributed by atoms with E-state index in [1.54, 1.807) is 17.0 Å². The molecular formula is C15H13Cl2N3O2. The molecule has 1 atom stereocenters. The minimum atomic E-state index is -0.232. The number of nitrogens with zero attached hydrogens (tertiary/aromatic N) is 3. The second kappa shape index (κ2) is 6.60. The van der Waals surface area contributed by atoms with E-state index in [1.807, 2.05) is 6.07 Å². The van der Waals surface area contributed by atoms with Crippen LogP contribution in [0.25, 0.3) is 0 Å². The van der Waals surface area contributed by atoms with Crippen LogP contribution in [0.2, 0.25) is 10.0 Å². The van der Waals surface area contributed by atoms with Crippen LogP contribution in [0.5, 0.6) is 0 Å². The number of hydrogen-bond donors (Lipinski definition) is 0. The van der Waals surface area contributed by atoms with Crippen LogP contribution in [0.1, 0.15) is 22.2 Å². The monoisotopic (exact) mass is 337 g/mol. The largest absolute Gasteiger partial charge is 0.370 e. The summed E-state index contributed by atoms with van der Waals surface area (Å²) in [5.74, 6) is -0.151. The van der Waals surface area contributed by atoms with E-state index in [0.29, 0.717) is 35.4 Å². The van der Waals surface area contributed by atoms with Gasteiger partial charge in [0.1, 0.15) is 11.8 Å². The summed E-state index contributed by atoms with van der Waals surface area (Å²) in [4.78, 5) is 22.1. The minimum absolute atomic E-state index is 0.151. The number of ether oxygens (including phenoxy) is 1. The van der Waals surface area contributed by atoms with Crippen molar-refractivity contribution in [3.63, 3.8) is 0 Å². The molecule has 1 aromatic heterocycles. The van der Waals surface area contributed by atoms with Crippen molar-refractivity contribution in [2.75, 3.05) is 19.7 Å². The first-order valence-corrected chi connectivity index (χ1v) is 7.52. The van der Waals surface area contributed by atoms with Gasteiger partial charge >= 0.3 is 0 Å². The van der Waals surface area contributed by atoms with E-state index in [9.17, 15) is 4.79 Å². The second-order valence-electron chi connectivity index (χ2n) is 4.87. The normalized spacial score (nSPS) is 18.3. The van der Waals surface area contributed by atoms with Crippen molar-refractivity contribution in [1.29, 1.82) is 0 Å². The molecule has 7 heteroatoms. The first kappa shape index (κ1) is 15.2. The quantitative estimate of drug-likeness (QED) is 0.845. The van der Waals surface area contributed by atoms with Crippen LogP contribution < -0.4 is 0 Å². The maximum Gasteiger partial charge on any atom is 0.274 e. The van der Waals surface area contributed by atoms with Gasteiger partial charge in [0.15, 0.2) is 0 Å². The fraction of sp³-hybridized carbons (Fsp3) is 0.267. The van der Waals surface area contributed by atoms with Crippen molar-refractivity contribution >= 4 is 29.1 Å². The molecule has 1 saturated heterocycles. The number of rotatable bonds is 2. The standard InChI is InChI=1S/C15H13Cl2N3O2/c16-11-2-1-10(7-12(11)17)14-9-20(5-6-22-14)15(21)13-8-18-3-4-19-13/h1-4,7-8,14H,5-6,9H2.